The maximum absolute atomic E-state index is 13.2. The number of hydrogen-bond donors (Lipinski definition) is 13. The standard InChI is InChI=1S/C27H52N12O9/c1-12(2)18(23(45)35-13(3)25(47)48)38-24(46)19(14(4)41)39-22(44)17(11-40)37-21(43)16(8-6-10-34-27(31)32)36-20(42)15(28)7-5-9-33-26(29)30/h12-19,40-41H,5-11,28H2,1-4H3,(H,35,45)(H,36,42)(H,37,43)(H,38,46)(H,39,44)(H,47,48)(H4,29,30,33)(H4,31,32,34)/t13-,14+,15-,16-,17-,18-,19-/m0/s1. The first-order valence-corrected chi connectivity index (χ1v) is 15.2. The molecule has 274 valence electrons. The lowest BCUT2D eigenvalue weighted by molar-refractivity contribution is -0.142. The minimum absolute atomic E-state index is 0.00725. The van der Waals surface area contributed by atoms with E-state index in [2.05, 4.69) is 36.6 Å². The first-order valence-electron chi connectivity index (χ1n) is 15.2. The Morgan fingerprint density at radius 1 is 0.646 bits per heavy atom. The van der Waals surface area contributed by atoms with E-state index in [1.165, 1.54) is 13.8 Å². The minimum Gasteiger partial charge on any atom is -0.480 e. The van der Waals surface area contributed by atoms with E-state index in [1.54, 1.807) is 13.8 Å². The maximum atomic E-state index is 13.2. The number of aliphatic imine (C=N–C) groups is 2. The number of aliphatic hydroxyl groups is 2. The van der Waals surface area contributed by atoms with Gasteiger partial charge in [0.25, 0.3) is 0 Å². The van der Waals surface area contributed by atoms with Gasteiger partial charge in [0.15, 0.2) is 11.9 Å². The summed E-state index contributed by atoms with van der Waals surface area (Å²) in [5.41, 5.74) is 27.2. The third kappa shape index (κ3) is 16.7. The summed E-state index contributed by atoms with van der Waals surface area (Å²) >= 11 is 0. The number of amides is 5. The molecule has 5 amide bonds. The van der Waals surface area contributed by atoms with Crippen LogP contribution in [0.25, 0.3) is 0 Å². The van der Waals surface area contributed by atoms with Gasteiger partial charge in [0.2, 0.25) is 29.5 Å². The van der Waals surface area contributed by atoms with Crippen LogP contribution in [-0.4, -0.2) is 125 Å². The largest absolute Gasteiger partial charge is 0.480 e. The fourth-order valence-electron chi connectivity index (χ4n) is 3.97. The van der Waals surface area contributed by atoms with Crippen molar-refractivity contribution < 1.29 is 44.1 Å². The predicted molar refractivity (Wildman–Crippen MR) is 174 cm³/mol. The summed E-state index contributed by atoms with van der Waals surface area (Å²) in [6.07, 6.45) is -0.775. The molecule has 0 saturated carbocycles. The molecule has 0 aromatic rings. The Labute approximate surface area is 278 Å². The number of carbonyl (C=O) groups excluding carboxylic acids is 5. The number of guanidine groups is 2. The zero-order valence-corrected chi connectivity index (χ0v) is 27.6. The minimum atomic E-state index is -1.67. The van der Waals surface area contributed by atoms with Gasteiger partial charge in [-0.15, -0.1) is 0 Å². The Morgan fingerprint density at radius 3 is 1.56 bits per heavy atom. The Balaban J connectivity index is 5.74. The lowest BCUT2D eigenvalue weighted by Crippen LogP contribution is -2.62. The number of carboxylic acid groups (broad SMARTS) is 1. The fourth-order valence-corrected chi connectivity index (χ4v) is 3.97. The van der Waals surface area contributed by atoms with Crippen molar-refractivity contribution >= 4 is 47.4 Å². The van der Waals surface area contributed by atoms with Gasteiger partial charge in [-0.3, -0.25) is 38.8 Å². The van der Waals surface area contributed by atoms with E-state index in [0.717, 1.165) is 0 Å². The number of nitrogens with two attached hydrogens (primary N) is 5. The molecule has 7 atom stereocenters. The van der Waals surface area contributed by atoms with Crippen LogP contribution in [0.1, 0.15) is 53.4 Å². The molecule has 0 radical (unpaired) electrons. The average molecular weight is 689 g/mol. The van der Waals surface area contributed by atoms with Crippen LogP contribution in [0, 0.1) is 5.92 Å². The van der Waals surface area contributed by atoms with Crippen molar-refractivity contribution in [3.63, 3.8) is 0 Å². The fraction of sp³-hybridized carbons (Fsp3) is 0.704. The van der Waals surface area contributed by atoms with Gasteiger partial charge in [-0.05, 0) is 45.4 Å². The zero-order valence-electron chi connectivity index (χ0n) is 27.6. The summed E-state index contributed by atoms with van der Waals surface area (Å²) in [7, 11) is 0. The van der Waals surface area contributed by atoms with Gasteiger partial charge in [0.1, 0.15) is 30.2 Å². The normalized spacial score (nSPS) is 15.2. The van der Waals surface area contributed by atoms with Crippen LogP contribution in [-0.2, 0) is 28.8 Å². The highest BCUT2D eigenvalue weighted by molar-refractivity contribution is 5.96. The summed E-state index contributed by atoms with van der Waals surface area (Å²) in [4.78, 5) is 83.5. The Bertz CT molecular complexity index is 1160. The molecular formula is C27H52N12O9. The van der Waals surface area contributed by atoms with Crippen molar-refractivity contribution in [1.29, 1.82) is 0 Å². The zero-order chi connectivity index (χ0) is 37.1. The Hall–Kier alpha value is -4.76. The van der Waals surface area contributed by atoms with Crippen LogP contribution in [0.4, 0.5) is 0 Å². The van der Waals surface area contributed by atoms with E-state index >= 15 is 0 Å². The predicted octanol–water partition coefficient (Wildman–Crippen LogP) is -6.02. The molecule has 0 fully saturated rings. The average Bonchev–Trinajstić information content (AvgIpc) is 2.99. The van der Waals surface area contributed by atoms with E-state index in [4.69, 9.17) is 33.8 Å². The van der Waals surface area contributed by atoms with E-state index in [1.807, 2.05) is 0 Å². The van der Waals surface area contributed by atoms with Crippen molar-refractivity contribution in [1.82, 2.24) is 26.6 Å². The van der Waals surface area contributed by atoms with Crippen molar-refractivity contribution in [3.8, 4) is 0 Å². The number of carbonyl (C=O) groups is 6. The second kappa shape index (κ2) is 21.9. The number of nitrogens with one attached hydrogen (secondary N) is 5. The molecule has 0 aromatic carbocycles. The number of carboxylic acids is 1. The van der Waals surface area contributed by atoms with Crippen molar-refractivity contribution in [2.45, 2.75) is 95.7 Å². The first kappa shape index (κ1) is 43.2. The molecule has 0 saturated heterocycles. The number of hydrogen-bond acceptors (Lipinski definition) is 11. The lowest BCUT2D eigenvalue weighted by Gasteiger charge is -2.28. The summed E-state index contributed by atoms with van der Waals surface area (Å²) < 4.78 is 0. The molecule has 0 rings (SSSR count). The molecule has 21 heteroatoms. The molecule has 0 aliphatic heterocycles. The van der Waals surface area contributed by atoms with Gasteiger partial charge in [-0.2, -0.15) is 0 Å². The highest BCUT2D eigenvalue weighted by atomic mass is 16.4. The summed E-state index contributed by atoms with van der Waals surface area (Å²) in [5, 5.41) is 40.9. The van der Waals surface area contributed by atoms with Gasteiger partial charge in [-0.1, -0.05) is 13.8 Å². The number of aliphatic hydroxyl groups excluding tert-OH is 2. The molecule has 0 unspecified atom stereocenters. The second-order valence-corrected chi connectivity index (χ2v) is 11.3. The molecule has 0 heterocycles. The SMILES string of the molecule is CC(C)[C@H](NC(=O)[C@@H](NC(=O)[C@H](CO)NC(=O)[C@H](CCCN=C(N)N)NC(=O)[C@@H](N)CCCN=C(N)N)[C@@H](C)O)C(=O)N[C@@H](C)C(=O)O. The van der Waals surface area contributed by atoms with Crippen molar-refractivity contribution in [2.75, 3.05) is 19.7 Å². The summed E-state index contributed by atoms with van der Waals surface area (Å²) in [6.45, 7) is 4.94. The van der Waals surface area contributed by atoms with Gasteiger partial charge in [0, 0.05) is 13.1 Å². The van der Waals surface area contributed by atoms with Crippen LogP contribution in [0.2, 0.25) is 0 Å². The van der Waals surface area contributed by atoms with Crippen molar-refractivity contribution in [3.05, 3.63) is 0 Å². The third-order valence-electron chi connectivity index (χ3n) is 6.74. The molecule has 0 aliphatic carbocycles. The van der Waals surface area contributed by atoms with Crippen LogP contribution in [0.3, 0.4) is 0 Å². The Morgan fingerprint density at radius 2 is 1.10 bits per heavy atom. The molecule has 0 aliphatic rings. The van der Waals surface area contributed by atoms with E-state index in [-0.39, 0.29) is 44.3 Å². The third-order valence-corrected chi connectivity index (χ3v) is 6.74. The molecule has 48 heavy (non-hydrogen) atoms. The number of nitrogens with zero attached hydrogens (tertiary/aromatic N) is 2. The van der Waals surface area contributed by atoms with E-state index in [9.17, 15) is 39.0 Å². The molecule has 18 N–H and O–H groups in total. The second-order valence-electron chi connectivity index (χ2n) is 11.3. The van der Waals surface area contributed by atoms with Gasteiger partial charge in [0.05, 0.1) is 18.8 Å². The van der Waals surface area contributed by atoms with E-state index < -0.39 is 90.4 Å². The van der Waals surface area contributed by atoms with Gasteiger partial charge >= 0.3 is 5.97 Å². The topological polar surface area (TPSA) is 378 Å². The summed E-state index contributed by atoms with van der Waals surface area (Å²) in [6, 6.07) is -8.13. The molecule has 0 aromatic heterocycles. The Kier molecular flexibility index (Phi) is 19.8. The molecule has 0 spiro atoms. The van der Waals surface area contributed by atoms with Crippen molar-refractivity contribution in [2.24, 2.45) is 44.6 Å². The molecule has 0 bridgehead atoms. The first-order chi connectivity index (χ1) is 22.3. The smallest absolute Gasteiger partial charge is 0.325 e. The van der Waals surface area contributed by atoms with Crippen LogP contribution in [0.15, 0.2) is 9.98 Å². The lowest BCUT2D eigenvalue weighted by atomic mass is 10.0. The van der Waals surface area contributed by atoms with E-state index in [0.29, 0.717) is 6.42 Å². The molecular weight excluding hydrogens is 636 g/mol. The molecule has 21 nitrogen and oxygen atoms in total. The quantitative estimate of drug-likeness (QED) is 0.0286. The maximum Gasteiger partial charge on any atom is 0.325 e. The number of aliphatic carboxylic acids is 1. The highest BCUT2D eigenvalue weighted by Crippen LogP contribution is 2.06. The van der Waals surface area contributed by atoms with Gasteiger partial charge < -0.3 is 70.6 Å². The highest BCUT2D eigenvalue weighted by Gasteiger charge is 2.34. The monoisotopic (exact) mass is 688 g/mol. The summed E-state index contributed by atoms with van der Waals surface area (Å²) in [5.74, 6) is -6.63. The van der Waals surface area contributed by atoms with Crippen LogP contribution >= 0.6 is 0 Å². The number of rotatable bonds is 22. The van der Waals surface area contributed by atoms with Crippen LogP contribution in [0.5, 0.6) is 0 Å². The van der Waals surface area contributed by atoms with Crippen LogP contribution < -0.4 is 55.3 Å². The van der Waals surface area contributed by atoms with Gasteiger partial charge in [-0.25, -0.2) is 0 Å².